The van der Waals surface area contributed by atoms with Crippen molar-refractivity contribution in [3.8, 4) is 0 Å². The molecule has 0 amide bonds. The van der Waals surface area contributed by atoms with Gasteiger partial charge in [0.2, 0.25) is 6.33 Å². The Labute approximate surface area is 89.9 Å². The second kappa shape index (κ2) is 5.15. The van der Waals surface area contributed by atoms with Gasteiger partial charge in [0.05, 0.1) is 6.54 Å². The SMILES string of the molecule is C(=Cc1ccccc1)CC[n+]1cc[nH]c1. The molecule has 0 aliphatic carbocycles. The monoisotopic (exact) mass is 199 g/mol. The lowest BCUT2D eigenvalue weighted by Gasteiger charge is -1.92. The highest BCUT2D eigenvalue weighted by Gasteiger charge is 1.92. The molecule has 0 aliphatic heterocycles. The summed E-state index contributed by atoms with van der Waals surface area (Å²) in [7, 11) is 0. The lowest BCUT2D eigenvalue weighted by atomic mass is 10.2. The van der Waals surface area contributed by atoms with E-state index in [0.717, 1.165) is 13.0 Å². The molecular weight excluding hydrogens is 184 g/mol. The third-order valence-electron chi connectivity index (χ3n) is 2.27. The number of nitrogens with one attached hydrogen (secondary N) is 1. The van der Waals surface area contributed by atoms with E-state index < -0.39 is 0 Å². The van der Waals surface area contributed by atoms with Crippen LogP contribution in [0.4, 0.5) is 0 Å². The minimum atomic E-state index is 1.02. The summed E-state index contributed by atoms with van der Waals surface area (Å²) in [6.45, 7) is 1.02. The number of imidazole rings is 1. The van der Waals surface area contributed by atoms with Gasteiger partial charge in [0.25, 0.3) is 0 Å². The van der Waals surface area contributed by atoms with Crippen LogP contribution in [0.15, 0.2) is 55.1 Å². The fraction of sp³-hybridized carbons (Fsp3) is 0.154. The summed E-state index contributed by atoms with van der Waals surface area (Å²) >= 11 is 0. The van der Waals surface area contributed by atoms with Gasteiger partial charge >= 0.3 is 0 Å². The number of aromatic nitrogens is 2. The Bertz CT molecular complexity index is 401. The number of nitrogens with zero attached hydrogens (tertiary/aromatic N) is 1. The Hall–Kier alpha value is -1.83. The smallest absolute Gasteiger partial charge is 0.241 e. The number of hydrogen-bond donors (Lipinski definition) is 1. The maximum absolute atomic E-state index is 3.03. The lowest BCUT2D eigenvalue weighted by Crippen LogP contribution is -2.29. The van der Waals surface area contributed by atoms with Crippen molar-refractivity contribution in [3.05, 3.63) is 60.7 Å². The highest BCUT2D eigenvalue weighted by atomic mass is 15.0. The van der Waals surface area contributed by atoms with Crippen molar-refractivity contribution in [1.29, 1.82) is 0 Å². The quantitative estimate of drug-likeness (QED) is 0.730. The van der Waals surface area contributed by atoms with Gasteiger partial charge in [-0.2, -0.15) is 0 Å². The third kappa shape index (κ3) is 3.09. The van der Waals surface area contributed by atoms with Gasteiger partial charge in [-0.15, -0.1) is 0 Å². The Morgan fingerprint density at radius 3 is 2.80 bits per heavy atom. The van der Waals surface area contributed by atoms with E-state index in [-0.39, 0.29) is 0 Å². The van der Waals surface area contributed by atoms with E-state index in [0.29, 0.717) is 0 Å². The van der Waals surface area contributed by atoms with Crippen molar-refractivity contribution in [1.82, 2.24) is 4.98 Å². The minimum Gasteiger partial charge on any atom is -0.250 e. The number of allylic oxidation sites excluding steroid dienone is 1. The standard InChI is InChI=1S/C13H14N2/c1-2-6-13(7-3-1)8-4-5-10-15-11-9-14-12-15/h1-4,6-9,11-12H,5,10H2/p+1. The van der Waals surface area contributed by atoms with E-state index in [4.69, 9.17) is 0 Å². The number of aromatic amines is 1. The summed E-state index contributed by atoms with van der Waals surface area (Å²) in [5, 5.41) is 0. The van der Waals surface area contributed by atoms with Crippen LogP contribution in [0, 0.1) is 0 Å². The molecule has 2 nitrogen and oxygen atoms in total. The summed E-state index contributed by atoms with van der Waals surface area (Å²) in [6, 6.07) is 10.4. The fourth-order valence-electron chi connectivity index (χ4n) is 1.47. The summed E-state index contributed by atoms with van der Waals surface area (Å²) in [6.07, 6.45) is 11.4. The molecule has 1 N–H and O–H groups in total. The summed E-state index contributed by atoms with van der Waals surface area (Å²) in [4.78, 5) is 3.03. The van der Waals surface area contributed by atoms with Gasteiger partial charge in [-0.05, 0) is 5.56 Å². The number of hydrogen-bond acceptors (Lipinski definition) is 0. The van der Waals surface area contributed by atoms with E-state index in [1.165, 1.54) is 5.56 Å². The van der Waals surface area contributed by atoms with Crippen molar-refractivity contribution in [3.63, 3.8) is 0 Å². The van der Waals surface area contributed by atoms with E-state index >= 15 is 0 Å². The average molecular weight is 199 g/mol. The molecule has 0 atom stereocenters. The second-order valence-corrected chi connectivity index (χ2v) is 3.45. The topological polar surface area (TPSA) is 19.7 Å². The van der Waals surface area contributed by atoms with Crippen LogP contribution >= 0.6 is 0 Å². The number of aryl methyl sites for hydroxylation is 1. The number of benzene rings is 1. The van der Waals surface area contributed by atoms with Crippen LogP contribution in [0.3, 0.4) is 0 Å². The van der Waals surface area contributed by atoms with Crippen molar-refractivity contribution < 1.29 is 4.57 Å². The largest absolute Gasteiger partial charge is 0.250 e. The fourth-order valence-corrected chi connectivity index (χ4v) is 1.47. The predicted molar refractivity (Wildman–Crippen MR) is 61.1 cm³/mol. The third-order valence-corrected chi connectivity index (χ3v) is 2.27. The van der Waals surface area contributed by atoms with Gasteiger partial charge in [0.1, 0.15) is 12.4 Å². The predicted octanol–water partition coefficient (Wildman–Crippen LogP) is 2.41. The minimum absolute atomic E-state index is 1.02. The maximum Gasteiger partial charge on any atom is 0.241 e. The lowest BCUT2D eigenvalue weighted by molar-refractivity contribution is -0.694. The zero-order valence-electron chi connectivity index (χ0n) is 8.63. The van der Waals surface area contributed by atoms with E-state index in [1.54, 1.807) is 0 Å². The zero-order chi connectivity index (χ0) is 10.3. The molecular formula is C13H15N2+. The van der Waals surface area contributed by atoms with Crippen LogP contribution in [0.1, 0.15) is 12.0 Å². The molecule has 1 heterocycles. The first-order valence-electron chi connectivity index (χ1n) is 5.18. The molecule has 2 aromatic rings. The Morgan fingerprint density at radius 2 is 2.07 bits per heavy atom. The van der Waals surface area contributed by atoms with Crippen LogP contribution < -0.4 is 4.57 Å². The molecule has 2 heteroatoms. The molecule has 0 spiro atoms. The van der Waals surface area contributed by atoms with Gasteiger partial charge in [-0.25, -0.2) is 4.57 Å². The van der Waals surface area contributed by atoms with Crippen LogP contribution in [-0.2, 0) is 6.54 Å². The second-order valence-electron chi connectivity index (χ2n) is 3.45. The van der Waals surface area contributed by atoms with Crippen molar-refractivity contribution in [2.24, 2.45) is 0 Å². The van der Waals surface area contributed by atoms with Crippen LogP contribution in [0.25, 0.3) is 6.08 Å². The molecule has 0 fully saturated rings. The van der Waals surface area contributed by atoms with Gasteiger partial charge < -0.3 is 0 Å². The van der Waals surface area contributed by atoms with Gasteiger partial charge in [-0.3, -0.25) is 4.98 Å². The number of rotatable bonds is 4. The molecule has 0 aliphatic rings. The van der Waals surface area contributed by atoms with Crippen molar-refractivity contribution >= 4 is 6.08 Å². The summed E-state index contributed by atoms with van der Waals surface area (Å²) in [5.74, 6) is 0. The Kier molecular flexibility index (Phi) is 3.34. The molecule has 1 aromatic heterocycles. The maximum atomic E-state index is 3.03. The highest BCUT2D eigenvalue weighted by Crippen LogP contribution is 2.01. The molecule has 15 heavy (non-hydrogen) atoms. The molecule has 2 rings (SSSR count). The molecule has 1 aromatic carbocycles. The molecule has 76 valence electrons. The first-order valence-corrected chi connectivity index (χ1v) is 5.18. The normalized spacial score (nSPS) is 10.9. The first kappa shape index (κ1) is 9.71. The first-order chi connectivity index (χ1) is 7.45. The van der Waals surface area contributed by atoms with Crippen molar-refractivity contribution in [2.75, 3.05) is 0 Å². The van der Waals surface area contributed by atoms with Gasteiger partial charge in [0.15, 0.2) is 0 Å². The van der Waals surface area contributed by atoms with Crippen LogP contribution in [0.5, 0.6) is 0 Å². The number of H-pyrrole nitrogens is 1. The molecule has 0 unspecified atom stereocenters. The van der Waals surface area contributed by atoms with Crippen molar-refractivity contribution in [2.45, 2.75) is 13.0 Å². The van der Waals surface area contributed by atoms with E-state index in [2.05, 4.69) is 46.0 Å². The summed E-state index contributed by atoms with van der Waals surface area (Å²) in [5.41, 5.74) is 1.26. The zero-order valence-corrected chi connectivity index (χ0v) is 8.63. The molecule has 0 bridgehead atoms. The summed E-state index contributed by atoms with van der Waals surface area (Å²) < 4.78 is 2.13. The van der Waals surface area contributed by atoms with Crippen LogP contribution in [0.2, 0.25) is 0 Å². The Morgan fingerprint density at radius 1 is 1.20 bits per heavy atom. The Balaban J connectivity index is 1.81. The van der Waals surface area contributed by atoms with Crippen LogP contribution in [-0.4, -0.2) is 4.98 Å². The average Bonchev–Trinajstić information content (AvgIpc) is 2.79. The molecule has 0 radical (unpaired) electrons. The molecule has 0 saturated heterocycles. The van der Waals surface area contributed by atoms with Gasteiger partial charge in [-0.1, -0.05) is 42.5 Å². The van der Waals surface area contributed by atoms with Gasteiger partial charge in [0, 0.05) is 6.42 Å². The van der Waals surface area contributed by atoms with E-state index in [9.17, 15) is 0 Å². The molecule has 0 saturated carbocycles. The highest BCUT2D eigenvalue weighted by molar-refractivity contribution is 5.48. The van der Waals surface area contributed by atoms with E-state index in [1.807, 2.05) is 24.8 Å².